The molecule has 0 bridgehead atoms. The lowest BCUT2D eigenvalue weighted by molar-refractivity contribution is -0.000876. The summed E-state index contributed by atoms with van der Waals surface area (Å²) in [5.74, 6) is 1.30. The highest BCUT2D eigenvalue weighted by atomic mass is 16.5. The van der Waals surface area contributed by atoms with Crippen LogP contribution in [0.2, 0.25) is 0 Å². The van der Waals surface area contributed by atoms with Crippen LogP contribution in [0.5, 0.6) is 0 Å². The van der Waals surface area contributed by atoms with Crippen LogP contribution in [0.15, 0.2) is 34.9 Å². The molecule has 0 unspecified atom stereocenters. The molecule has 0 saturated carbocycles. The van der Waals surface area contributed by atoms with Gasteiger partial charge in [-0.05, 0) is 19.3 Å². The molecule has 1 aliphatic heterocycles. The summed E-state index contributed by atoms with van der Waals surface area (Å²) < 4.78 is 11.1. The Kier molecular flexibility index (Phi) is 5.74. The zero-order valence-corrected chi connectivity index (χ0v) is 13.2. The monoisotopic (exact) mass is 317 g/mol. The Bertz CT molecular complexity index is 580. The molecule has 0 aliphatic carbocycles. The highest BCUT2D eigenvalue weighted by Gasteiger charge is 2.21. The van der Waals surface area contributed by atoms with Gasteiger partial charge in [0.15, 0.2) is 0 Å². The normalized spacial score (nSPS) is 16.7. The Balaban J connectivity index is 1.47. The number of aromatic nitrogens is 2. The average Bonchev–Trinajstić information content (AvgIpc) is 3.06. The zero-order valence-electron chi connectivity index (χ0n) is 13.2. The fourth-order valence-corrected chi connectivity index (χ4v) is 2.76. The van der Waals surface area contributed by atoms with E-state index < -0.39 is 0 Å². The first-order chi connectivity index (χ1) is 11.3. The Labute approximate surface area is 136 Å². The molecule has 0 amide bonds. The Morgan fingerprint density at radius 2 is 2.00 bits per heavy atom. The second kappa shape index (κ2) is 8.19. The van der Waals surface area contributed by atoms with Crippen molar-refractivity contribution in [2.75, 3.05) is 26.3 Å². The van der Waals surface area contributed by atoms with Gasteiger partial charge in [0.25, 0.3) is 0 Å². The minimum atomic E-state index is 0.194. The first-order valence-electron chi connectivity index (χ1n) is 8.18. The molecule has 1 aromatic heterocycles. The summed E-state index contributed by atoms with van der Waals surface area (Å²) in [6, 6.07) is 9.85. The van der Waals surface area contributed by atoms with Gasteiger partial charge in [-0.25, -0.2) is 0 Å². The van der Waals surface area contributed by atoms with Crippen LogP contribution < -0.4 is 0 Å². The summed E-state index contributed by atoms with van der Waals surface area (Å²) >= 11 is 0. The number of aliphatic hydroxyl groups excluding tert-OH is 1. The topological polar surface area (TPSA) is 71.6 Å². The van der Waals surface area contributed by atoms with Crippen molar-refractivity contribution in [2.24, 2.45) is 0 Å². The van der Waals surface area contributed by atoms with Crippen LogP contribution in [0.1, 0.15) is 25.2 Å². The number of likely N-dealkylation sites (tertiary alicyclic amines) is 1. The maximum Gasteiger partial charge on any atom is 0.241 e. The van der Waals surface area contributed by atoms with Crippen molar-refractivity contribution in [3.05, 3.63) is 36.2 Å². The Morgan fingerprint density at radius 1 is 1.22 bits per heavy atom. The van der Waals surface area contributed by atoms with Crippen LogP contribution in [0.4, 0.5) is 0 Å². The van der Waals surface area contributed by atoms with Gasteiger partial charge in [-0.3, -0.25) is 4.90 Å². The number of rotatable bonds is 7. The van der Waals surface area contributed by atoms with E-state index in [0.29, 0.717) is 37.4 Å². The molecular weight excluding hydrogens is 294 g/mol. The average molecular weight is 317 g/mol. The van der Waals surface area contributed by atoms with Gasteiger partial charge in [0.05, 0.1) is 12.6 Å². The van der Waals surface area contributed by atoms with Crippen LogP contribution in [-0.4, -0.2) is 52.6 Å². The molecule has 1 N–H and O–H groups in total. The van der Waals surface area contributed by atoms with Gasteiger partial charge in [-0.2, -0.15) is 4.98 Å². The molecule has 6 heteroatoms. The molecule has 3 rings (SSSR count). The summed E-state index contributed by atoms with van der Waals surface area (Å²) in [4.78, 5) is 6.79. The molecule has 1 fully saturated rings. The molecule has 1 saturated heterocycles. The SMILES string of the molecule is OCCCOC1CCN(Cc2nc(-c3ccccc3)no2)CC1. The van der Waals surface area contributed by atoms with Gasteiger partial charge in [0.1, 0.15) is 0 Å². The van der Waals surface area contributed by atoms with Crippen molar-refractivity contribution in [3.8, 4) is 11.4 Å². The number of ether oxygens (including phenoxy) is 1. The molecule has 0 atom stereocenters. The lowest BCUT2D eigenvalue weighted by atomic mass is 10.1. The molecule has 1 aliphatic rings. The maximum absolute atomic E-state index is 8.77. The van der Waals surface area contributed by atoms with E-state index in [2.05, 4.69) is 15.0 Å². The fourth-order valence-electron chi connectivity index (χ4n) is 2.76. The van der Waals surface area contributed by atoms with Crippen LogP contribution in [0.3, 0.4) is 0 Å². The molecule has 0 radical (unpaired) electrons. The largest absolute Gasteiger partial charge is 0.396 e. The zero-order chi connectivity index (χ0) is 15.9. The van der Waals surface area contributed by atoms with Gasteiger partial charge in [-0.1, -0.05) is 35.5 Å². The molecule has 1 aromatic carbocycles. The molecule has 2 aromatic rings. The maximum atomic E-state index is 8.77. The van der Waals surface area contributed by atoms with Crippen molar-refractivity contribution in [2.45, 2.75) is 31.9 Å². The minimum Gasteiger partial charge on any atom is -0.396 e. The lowest BCUT2D eigenvalue weighted by Crippen LogP contribution is -2.36. The summed E-state index contributed by atoms with van der Waals surface area (Å²) in [5.41, 5.74) is 0.971. The van der Waals surface area contributed by atoms with Crippen LogP contribution in [-0.2, 0) is 11.3 Å². The Morgan fingerprint density at radius 3 is 2.74 bits per heavy atom. The van der Waals surface area contributed by atoms with Crippen LogP contribution in [0, 0.1) is 0 Å². The third kappa shape index (κ3) is 4.60. The standard InChI is InChI=1S/C17H23N3O3/c21-11-4-12-22-15-7-9-20(10-8-15)13-16-18-17(19-23-16)14-5-2-1-3-6-14/h1-3,5-6,15,21H,4,7-13H2. The van der Waals surface area contributed by atoms with Gasteiger partial charge in [0.2, 0.25) is 11.7 Å². The van der Waals surface area contributed by atoms with E-state index in [4.69, 9.17) is 14.4 Å². The van der Waals surface area contributed by atoms with E-state index >= 15 is 0 Å². The molecule has 6 nitrogen and oxygen atoms in total. The number of hydrogen-bond donors (Lipinski definition) is 1. The minimum absolute atomic E-state index is 0.194. The van der Waals surface area contributed by atoms with Gasteiger partial charge < -0.3 is 14.4 Å². The second-order valence-corrected chi connectivity index (χ2v) is 5.80. The number of aliphatic hydroxyl groups is 1. The van der Waals surface area contributed by atoms with E-state index in [0.717, 1.165) is 31.5 Å². The van der Waals surface area contributed by atoms with E-state index in [1.165, 1.54) is 0 Å². The van der Waals surface area contributed by atoms with Gasteiger partial charge in [0, 0.05) is 31.9 Å². The number of piperidine rings is 1. The Hall–Kier alpha value is -1.76. The first kappa shape index (κ1) is 16.1. The van der Waals surface area contributed by atoms with Crippen molar-refractivity contribution < 1.29 is 14.4 Å². The van der Waals surface area contributed by atoms with Crippen molar-refractivity contribution in [1.82, 2.24) is 15.0 Å². The third-order valence-electron chi connectivity index (χ3n) is 4.05. The predicted octanol–water partition coefficient (Wildman–Crippen LogP) is 2.10. The first-order valence-corrected chi connectivity index (χ1v) is 8.18. The number of hydrogen-bond acceptors (Lipinski definition) is 6. The van der Waals surface area contributed by atoms with Crippen LogP contribution in [0.25, 0.3) is 11.4 Å². The van der Waals surface area contributed by atoms with Crippen LogP contribution >= 0.6 is 0 Å². The quantitative estimate of drug-likeness (QED) is 0.789. The molecular formula is C17H23N3O3. The van der Waals surface area contributed by atoms with Crippen molar-refractivity contribution in [1.29, 1.82) is 0 Å². The number of benzene rings is 1. The molecule has 0 spiro atoms. The summed E-state index contributed by atoms with van der Waals surface area (Å²) in [7, 11) is 0. The van der Waals surface area contributed by atoms with Gasteiger partial charge in [-0.15, -0.1) is 0 Å². The van der Waals surface area contributed by atoms with E-state index in [1.54, 1.807) is 0 Å². The summed E-state index contributed by atoms with van der Waals surface area (Å²) in [5, 5.41) is 12.8. The fraction of sp³-hybridized carbons (Fsp3) is 0.529. The van der Waals surface area contributed by atoms with Crippen molar-refractivity contribution in [3.63, 3.8) is 0 Å². The third-order valence-corrected chi connectivity index (χ3v) is 4.05. The summed E-state index contributed by atoms with van der Waals surface area (Å²) in [6.45, 7) is 3.45. The van der Waals surface area contributed by atoms with E-state index in [9.17, 15) is 0 Å². The lowest BCUT2D eigenvalue weighted by Gasteiger charge is -2.30. The van der Waals surface area contributed by atoms with Gasteiger partial charge >= 0.3 is 0 Å². The summed E-state index contributed by atoms with van der Waals surface area (Å²) in [6.07, 6.45) is 3.03. The second-order valence-electron chi connectivity index (χ2n) is 5.80. The molecule has 124 valence electrons. The highest BCUT2D eigenvalue weighted by molar-refractivity contribution is 5.53. The number of nitrogens with zero attached hydrogens (tertiary/aromatic N) is 3. The van der Waals surface area contributed by atoms with E-state index in [-0.39, 0.29) is 6.61 Å². The molecule has 23 heavy (non-hydrogen) atoms. The highest BCUT2D eigenvalue weighted by Crippen LogP contribution is 2.18. The molecule has 2 heterocycles. The van der Waals surface area contributed by atoms with E-state index in [1.807, 2.05) is 30.3 Å². The van der Waals surface area contributed by atoms with Crippen molar-refractivity contribution >= 4 is 0 Å². The smallest absolute Gasteiger partial charge is 0.241 e. The predicted molar refractivity (Wildman–Crippen MR) is 85.7 cm³/mol.